The average molecular weight is 1340 g/mol. The minimum Gasteiger partial charge on any atom is -0.545 e. The third-order valence-corrected chi connectivity index (χ3v) is 15.5. The lowest BCUT2D eigenvalue weighted by atomic mass is 10.0. The van der Waals surface area contributed by atoms with Gasteiger partial charge in [0.1, 0.15) is 13.2 Å². The minimum atomic E-state index is -1.65. The molecule has 0 amide bonds. The molecule has 9 heteroatoms. The van der Waals surface area contributed by atoms with Crippen LogP contribution in [-0.2, 0) is 33.3 Å². The van der Waals surface area contributed by atoms with Crippen LogP contribution in [0.3, 0.4) is 0 Å². The molecule has 0 aliphatic rings. The maximum absolute atomic E-state index is 12.9. The van der Waals surface area contributed by atoms with E-state index in [1.807, 2.05) is 21.1 Å². The second kappa shape index (κ2) is 75.6. The Hall–Kier alpha value is -6.13. The molecule has 0 N–H and O–H groups in total. The first-order valence-electron chi connectivity index (χ1n) is 38.2. The number of carboxylic acids is 1. The number of ether oxygens (including phenoxy) is 4. The smallest absolute Gasteiger partial charge is 0.306 e. The molecule has 0 rings (SSSR count). The molecule has 0 saturated heterocycles. The summed E-state index contributed by atoms with van der Waals surface area (Å²) in [6, 6.07) is 0. The molecule has 0 aromatic heterocycles. The van der Waals surface area contributed by atoms with Crippen molar-refractivity contribution in [2.24, 2.45) is 0 Å². The van der Waals surface area contributed by atoms with Crippen LogP contribution in [0.1, 0.15) is 271 Å². The van der Waals surface area contributed by atoms with Gasteiger partial charge in [-0.05, 0) is 148 Å². The van der Waals surface area contributed by atoms with Crippen molar-refractivity contribution in [3.05, 3.63) is 207 Å². The zero-order chi connectivity index (χ0) is 70.4. The van der Waals surface area contributed by atoms with Crippen LogP contribution in [-0.4, -0.2) is 82.3 Å². The molecule has 544 valence electrons. The molecule has 2 unspecified atom stereocenters. The van der Waals surface area contributed by atoms with E-state index in [2.05, 4.69) is 220 Å². The molecule has 2 atom stereocenters. The number of rotatable bonds is 68. The van der Waals surface area contributed by atoms with Crippen molar-refractivity contribution in [3.63, 3.8) is 0 Å². The predicted octanol–water partition coefficient (Wildman–Crippen LogP) is 23.4. The van der Waals surface area contributed by atoms with Crippen LogP contribution < -0.4 is 5.11 Å². The Morgan fingerprint density at radius 3 is 0.845 bits per heavy atom. The molecular formula is C88H139NO8. The summed E-state index contributed by atoms with van der Waals surface area (Å²) in [6.07, 6.45) is 115. The topological polar surface area (TPSA) is 111 Å². The van der Waals surface area contributed by atoms with Crippen molar-refractivity contribution in [1.29, 1.82) is 0 Å². The lowest BCUT2D eigenvalue weighted by Crippen LogP contribution is -2.44. The van der Waals surface area contributed by atoms with Gasteiger partial charge in [-0.15, -0.1) is 0 Å². The summed E-state index contributed by atoms with van der Waals surface area (Å²) in [5, 5.41) is 11.8. The largest absolute Gasteiger partial charge is 0.545 e. The number of carboxylic acid groups (broad SMARTS) is 1. The van der Waals surface area contributed by atoms with E-state index < -0.39 is 24.3 Å². The number of carbonyl (C=O) groups excluding carboxylic acids is 3. The van der Waals surface area contributed by atoms with E-state index in [1.54, 1.807) is 0 Å². The van der Waals surface area contributed by atoms with E-state index >= 15 is 0 Å². The number of quaternary nitrogens is 1. The average Bonchev–Trinajstić information content (AvgIpc) is 2.39. The Bertz CT molecular complexity index is 2350. The number of nitrogens with zero attached hydrogens (tertiary/aromatic N) is 1. The molecule has 0 aliphatic carbocycles. The maximum atomic E-state index is 12.9. The Balaban J connectivity index is 4.22. The quantitative estimate of drug-likeness (QED) is 0.0195. The monoisotopic (exact) mass is 1340 g/mol. The van der Waals surface area contributed by atoms with Gasteiger partial charge in [-0.25, -0.2) is 0 Å². The van der Waals surface area contributed by atoms with Crippen LogP contribution >= 0.6 is 0 Å². The molecule has 9 nitrogen and oxygen atoms in total. The van der Waals surface area contributed by atoms with Crippen LogP contribution in [0.2, 0.25) is 0 Å². The first kappa shape index (κ1) is 90.9. The predicted molar refractivity (Wildman–Crippen MR) is 416 cm³/mol. The van der Waals surface area contributed by atoms with Crippen LogP contribution in [0.5, 0.6) is 0 Å². The lowest BCUT2D eigenvalue weighted by molar-refractivity contribution is -0.870. The molecule has 0 radical (unpaired) electrons. The van der Waals surface area contributed by atoms with Crippen molar-refractivity contribution < 1.29 is 42.9 Å². The summed E-state index contributed by atoms with van der Waals surface area (Å²) in [5.74, 6) is -2.36. The number of carbonyl (C=O) groups is 3. The zero-order valence-electron chi connectivity index (χ0n) is 62.1. The van der Waals surface area contributed by atoms with Crippen molar-refractivity contribution in [1.82, 2.24) is 0 Å². The summed E-state index contributed by atoms with van der Waals surface area (Å²) < 4.78 is 22.8. The summed E-state index contributed by atoms with van der Waals surface area (Å²) in [7, 11) is 5.91. The van der Waals surface area contributed by atoms with E-state index in [4.69, 9.17) is 18.9 Å². The first-order chi connectivity index (χ1) is 47.6. The molecule has 0 aliphatic heterocycles. The lowest BCUT2D eigenvalue weighted by Gasteiger charge is -2.26. The van der Waals surface area contributed by atoms with E-state index in [0.717, 1.165) is 141 Å². The number of aliphatic carboxylic acids is 1. The third kappa shape index (κ3) is 77.1. The molecule has 0 fully saturated rings. The fourth-order valence-electron chi connectivity index (χ4n) is 9.78. The van der Waals surface area contributed by atoms with Gasteiger partial charge >= 0.3 is 11.9 Å². The number of esters is 2. The number of likely N-dealkylation sites (N-methyl/N-ethyl adjacent to an activating group) is 1. The second-order valence-corrected chi connectivity index (χ2v) is 25.8. The summed E-state index contributed by atoms with van der Waals surface area (Å²) >= 11 is 0. The van der Waals surface area contributed by atoms with Gasteiger partial charge < -0.3 is 33.3 Å². The van der Waals surface area contributed by atoms with Crippen molar-refractivity contribution in [2.75, 3.05) is 47.5 Å². The highest BCUT2D eigenvalue weighted by atomic mass is 16.7. The van der Waals surface area contributed by atoms with E-state index in [-0.39, 0.29) is 38.6 Å². The van der Waals surface area contributed by atoms with E-state index in [1.165, 1.54) is 96.3 Å². The van der Waals surface area contributed by atoms with Gasteiger partial charge in [-0.2, -0.15) is 0 Å². The highest BCUT2D eigenvalue weighted by molar-refractivity contribution is 5.70. The number of hydrogen-bond acceptors (Lipinski definition) is 8. The van der Waals surface area contributed by atoms with E-state index in [0.29, 0.717) is 17.4 Å². The first-order valence-corrected chi connectivity index (χ1v) is 38.2. The van der Waals surface area contributed by atoms with Crippen molar-refractivity contribution in [2.45, 2.75) is 283 Å². The Morgan fingerprint density at radius 1 is 0.309 bits per heavy atom. The van der Waals surface area contributed by atoms with Gasteiger partial charge in [0, 0.05) is 12.8 Å². The van der Waals surface area contributed by atoms with Gasteiger partial charge in [-0.1, -0.05) is 317 Å². The number of unbranched alkanes of at least 4 members (excludes halogenated alkanes) is 19. The highest BCUT2D eigenvalue weighted by Gasteiger charge is 2.22. The Morgan fingerprint density at radius 2 is 0.557 bits per heavy atom. The normalized spacial score (nSPS) is 13.9. The number of hydrogen-bond donors (Lipinski definition) is 0. The molecule has 0 spiro atoms. The zero-order valence-corrected chi connectivity index (χ0v) is 62.1. The van der Waals surface area contributed by atoms with Crippen LogP contribution in [0.4, 0.5) is 0 Å². The second-order valence-electron chi connectivity index (χ2n) is 25.8. The molecule has 97 heavy (non-hydrogen) atoms. The third-order valence-electron chi connectivity index (χ3n) is 15.5. The number of allylic oxidation sites excluding steroid dienone is 34. The van der Waals surface area contributed by atoms with Crippen molar-refractivity contribution in [3.8, 4) is 0 Å². The Labute approximate surface area is 594 Å². The van der Waals surface area contributed by atoms with Crippen LogP contribution in [0.25, 0.3) is 0 Å². The minimum absolute atomic E-state index is 0.129. The maximum Gasteiger partial charge on any atom is 0.306 e. The molecule has 0 bridgehead atoms. The van der Waals surface area contributed by atoms with Gasteiger partial charge in [0.25, 0.3) is 0 Å². The molecule has 0 aromatic rings. The van der Waals surface area contributed by atoms with Gasteiger partial charge in [0.15, 0.2) is 12.4 Å². The SMILES string of the molecule is CC/C=C\C/C=C\C/C=C\C/C=C\C/C=C\C/C=C\C/C=C\C/C=C\C/C=C\C/C=C\C/C=C\C/C=C\CCCCC(=O)OC(COC(=O)CCCCCCCCCCCCCCCCCCC/C=C\C/C=C\C/C=C\C/C=C\C/C=C\CC)COC(OCC[N+](C)(C)C)C(=O)[O-]. The Kier molecular flexibility index (Phi) is 70.9. The molecule has 0 heterocycles. The molecule has 0 aromatic carbocycles. The van der Waals surface area contributed by atoms with Crippen LogP contribution in [0.15, 0.2) is 207 Å². The fraction of sp³-hybridized carbons (Fsp3) is 0.580. The van der Waals surface area contributed by atoms with Crippen molar-refractivity contribution >= 4 is 17.9 Å². The molecular weight excluding hydrogens is 1200 g/mol. The summed E-state index contributed by atoms with van der Waals surface area (Å²) in [5.41, 5.74) is 0. The fourth-order valence-corrected chi connectivity index (χ4v) is 9.78. The van der Waals surface area contributed by atoms with Crippen LogP contribution in [0, 0.1) is 0 Å². The molecule has 0 saturated carbocycles. The summed E-state index contributed by atoms with van der Waals surface area (Å²) in [6.45, 7) is 4.46. The van der Waals surface area contributed by atoms with Gasteiger partial charge in [-0.3, -0.25) is 9.59 Å². The highest BCUT2D eigenvalue weighted by Crippen LogP contribution is 2.16. The van der Waals surface area contributed by atoms with E-state index in [9.17, 15) is 19.5 Å². The summed E-state index contributed by atoms with van der Waals surface area (Å²) in [4.78, 5) is 37.6. The van der Waals surface area contributed by atoms with Gasteiger partial charge in [0.05, 0.1) is 40.3 Å². The standard InChI is InChI=1S/C88H139NO8/c1-6-8-10-12-14-16-18-20-22-24-26-28-30-32-34-36-38-40-41-42-43-44-45-47-49-51-53-55-57-59-61-63-65-67-69-71-73-75-77-79-86(91)97-84(83-96-88(87(92)93)94-81-80-89(3,4)5)82-95-85(90)78-76-74-72-70-68-66-64-62-60-58-56-54-52-50-48-46-39-37-35-33-31-29-27-25-23-21-19-17-15-13-11-9-7-2/h8-11,14-17,20-23,26-29,32-35,38,40,42-43,45,47,51,53,57,59,63,65,69,71,84,88H,6-7,12-13,18-19,24-25,30-31,36-37,39,41,44,46,48-50,52,54-56,58,60-62,64,66-68,70,72-83H2,1-5H3/b10-8-,11-9-,16-14-,17-15-,22-20-,23-21-,28-26-,29-27-,34-32-,35-33-,40-38-,43-42-,47-45-,53-51-,59-57-,65-63-,71-69-. The van der Waals surface area contributed by atoms with Gasteiger partial charge in [0.2, 0.25) is 0 Å².